The molecule has 1 rings (SSSR count). The maximum Gasteiger partial charge on any atom is 0.317 e. The minimum atomic E-state index is -0.921. The number of nitrogens with zero attached hydrogens (tertiary/aromatic N) is 1. The van der Waals surface area contributed by atoms with Crippen molar-refractivity contribution in [3.05, 3.63) is 35.4 Å². The molecule has 0 unspecified atom stereocenters. The van der Waals surface area contributed by atoms with E-state index in [0.717, 1.165) is 11.1 Å². The fraction of sp³-hybridized carbons (Fsp3) is 0.429. The molecule has 110 valence electrons. The monoisotopic (exact) mass is 280 g/mol. The lowest BCUT2D eigenvalue weighted by Crippen LogP contribution is -2.38. The summed E-state index contributed by atoms with van der Waals surface area (Å²) in [6.45, 7) is 1.05. The molecule has 0 atom stereocenters. The van der Waals surface area contributed by atoms with E-state index in [0.29, 0.717) is 13.2 Å². The second kappa shape index (κ2) is 8.16. The van der Waals surface area contributed by atoms with Gasteiger partial charge in [0.25, 0.3) is 0 Å². The summed E-state index contributed by atoms with van der Waals surface area (Å²) in [5.41, 5.74) is 2.00. The number of amides is 2. The van der Waals surface area contributed by atoms with Gasteiger partial charge in [-0.2, -0.15) is 0 Å². The van der Waals surface area contributed by atoms with Gasteiger partial charge in [-0.1, -0.05) is 24.3 Å². The second-order valence-electron chi connectivity index (χ2n) is 4.43. The summed E-state index contributed by atoms with van der Waals surface area (Å²) >= 11 is 0. The average Bonchev–Trinajstić information content (AvgIpc) is 2.43. The number of carbonyl (C=O) groups is 2. The van der Waals surface area contributed by atoms with Crippen LogP contribution in [0.4, 0.5) is 4.79 Å². The smallest absolute Gasteiger partial charge is 0.317 e. The average molecular weight is 280 g/mol. The van der Waals surface area contributed by atoms with Crippen LogP contribution >= 0.6 is 0 Å². The van der Waals surface area contributed by atoms with Gasteiger partial charge in [0.2, 0.25) is 0 Å². The molecule has 20 heavy (non-hydrogen) atoms. The quantitative estimate of drug-likeness (QED) is 0.792. The highest BCUT2D eigenvalue weighted by atomic mass is 16.5. The number of nitrogens with one attached hydrogen (secondary N) is 1. The zero-order valence-corrected chi connectivity index (χ0v) is 11.8. The van der Waals surface area contributed by atoms with E-state index in [1.165, 1.54) is 4.90 Å². The van der Waals surface area contributed by atoms with Gasteiger partial charge >= 0.3 is 12.0 Å². The van der Waals surface area contributed by atoms with Crippen molar-refractivity contribution in [3.8, 4) is 0 Å². The van der Waals surface area contributed by atoms with Crippen LogP contribution < -0.4 is 5.32 Å². The lowest BCUT2D eigenvalue weighted by Gasteiger charge is -2.17. The molecule has 0 aliphatic rings. The van der Waals surface area contributed by atoms with Gasteiger partial charge < -0.3 is 20.1 Å². The van der Waals surface area contributed by atoms with Crippen LogP contribution in [-0.2, 0) is 22.7 Å². The van der Waals surface area contributed by atoms with Crippen LogP contribution in [0, 0.1) is 0 Å². The first-order chi connectivity index (χ1) is 9.54. The topological polar surface area (TPSA) is 78.9 Å². The van der Waals surface area contributed by atoms with E-state index in [1.807, 2.05) is 24.3 Å². The molecule has 0 aliphatic heterocycles. The Kier molecular flexibility index (Phi) is 6.52. The van der Waals surface area contributed by atoms with E-state index in [4.69, 9.17) is 9.84 Å². The third kappa shape index (κ3) is 5.27. The molecule has 1 aromatic rings. The molecule has 0 saturated carbocycles. The molecule has 0 bridgehead atoms. The molecule has 2 amide bonds. The number of carbonyl (C=O) groups excluding carboxylic acids is 1. The number of hydrogen-bond acceptors (Lipinski definition) is 3. The lowest BCUT2D eigenvalue weighted by atomic mass is 10.1. The molecule has 0 aromatic heterocycles. The van der Waals surface area contributed by atoms with Crippen molar-refractivity contribution in [2.24, 2.45) is 0 Å². The Bertz CT molecular complexity index is 462. The first kappa shape index (κ1) is 16.0. The predicted octanol–water partition coefficient (Wildman–Crippen LogP) is 1.45. The molecule has 0 fully saturated rings. The van der Waals surface area contributed by atoms with Crippen LogP contribution in [0.3, 0.4) is 0 Å². The van der Waals surface area contributed by atoms with Gasteiger partial charge in [0.05, 0.1) is 13.0 Å². The van der Waals surface area contributed by atoms with Crippen LogP contribution in [0.15, 0.2) is 24.3 Å². The van der Waals surface area contributed by atoms with Crippen LogP contribution in [0.25, 0.3) is 0 Å². The number of aliphatic carboxylic acids is 1. The Hall–Kier alpha value is -2.08. The van der Waals surface area contributed by atoms with Crippen molar-refractivity contribution in [3.63, 3.8) is 0 Å². The number of ether oxygens (including phenoxy) is 1. The molecule has 0 spiro atoms. The Labute approximate surface area is 118 Å². The molecule has 0 aliphatic carbocycles. The molecule has 0 heterocycles. The van der Waals surface area contributed by atoms with Gasteiger partial charge in [-0.15, -0.1) is 0 Å². The highest BCUT2D eigenvalue weighted by molar-refractivity contribution is 5.75. The summed E-state index contributed by atoms with van der Waals surface area (Å²) in [5.74, 6) is -0.921. The Balaban J connectivity index is 2.50. The number of rotatable bonds is 7. The lowest BCUT2D eigenvalue weighted by molar-refractivity contribution is -0.137. The largest absolute Gasteiger partial charge is 0.481 e. The second-order valence-corrected chi connectivity index (χ2v) is 4.43. The third-order valence-electron chi connectivity index (χ3n) is 2.86. The van der Waals surface area contributed by atoms with E-state index in [1.54, 1.807) is 14.2 Å². The first-order valence-electron chi connectivity index (χ1n) is 6.31. The number of benzene rings is 1. The summed E-state index contributed by atoms with van der Waals surface area (Å²) in [4.78, 5) is 23.6. The van der Waals surface area contributed by atoms with Gasteiger partial charge in [0, 0.05) is 27.2 Å². The van der Waals surface area contributed by atoms with Crippen molar-refractivity contribution in [1.29, 1.82) is 0 Å². The minimum absolute atomic E-state index is 0.0653. The van der Waals surface area contributed by atoms with Crippen molar-refractivity contribution < 1.29 is 19.4 Å². The molecule has 6 nitrogen and oxygen atoms in total. The van der Waals surface area contributed by atoms with Crippen LogP contribution in [-0.4, -0.2) is 42.7 Å². The van der Waals surface area contributed by atoms with Gasteiger partial charge in [-0.25, -0.2) is 4.79 Å². The third-order valence-corrected chi connectivity index (χ3v) is 2.86. The molecule has 6 heteroatoms. The van der Waals surface area contributed by atoms with Gasteiger partial charge in [0.1, 0.15) is 0 Å². The van der Waals surface area contributed by atoms with Crippen molar-refractivity contribution >= 4 is 12.0 Å². The summed E-state index contributed by atoms with van der Waals surface area (Å²) in [6, 6.07) is 7.39. The summed E-state index contributed by atoms with van der Waals surface area (Å²) in [6.07, 6.45) is -0.0653. The Morgan fingerprint density at radius 3 is 2.55 bits per heavy atom. The highest BCUT2D eigenvalue weighted by Gasteiger charge is 2.10. The molecule has 2 N–H and O–H groups in total. The first-order valence-corrected chi connectivity index (χ1v) is 6.31. The summed E-state index contributed by atoms with van der Waals surface area (Å²) in [7, 11) is 3.19. The van der Waals surface area contributed by atoms with Crippen LogP contribution in [0.2, 0.25) is 0 Å². The highest BCUT2D eigenvalue weighted by Crippen LogP contribution is 2.09. The van der Waals surface area contributed by atoms with Gasteiger partial charge in [-0.05, 0) is 11.1 Å². The van der Waals surface area contributed by atoms with E-state index >= 15 is 0 Å². The van der Waals surface area contributed by atoms with Gasteiger partial charge in [0.15, 0.2) is 0 Å². The van der Waals surface area contributed by atoms with Crippen molar-refractivity contribution in [2.45, 2.75) is 19.6 Å². The number of hydrogen-bond donors (Lipinski definition) is 2. The number of carboxylic acid groups (broad SMARTS) is 1. The van der Waals surface area contributed by atoms with E-state index in [9.17, 15) is 9.59 Å². The summed E-state index contributed by atoms with van der Waals surface area (Å²) in [5, 5.41) is 11.3. The molecule has 0 saturated heterocycles. The standard InChI is InChI=1S/C14H20N2O4/c1-16(8-7-13(17)18)14(19)15-9-11-5-3-4-6-12(11)10-20-2/h3-6H,7-10H2,1-2H3,(H,15,19)(H,17,18). The van der Waals surface area contributed by atoms with E-state index in [-0.39, 0.29) is 19.0 Å². The van der Waals surface area contributed by atoms with Crippen molar-refractivity contribution in [2.75, 3.05) is 20.7 Å². The van der Waals surface area contributed by atoms with Gasteiger partial charge in [-0.3, -0.25) is 4.79 Å². The zero-order chi connectivity index (χ0) is 15.0. The molecule has 0 radical (unpaired) electrons. The predicted molar refractivity (Wildman–Crippen MR) is 74.3 cm³/mol. The number of methoxy groups -OCH3 is 1. The fourth-order valence-electron chi connectivity index (χ4n) is 1.70. The Morgan fingerprint density at radius 2 is 1.95 bits per heavy atom. The maximum atomic E-state index is 11.8. The van der Waals surface area contributed by atoms with Crippen LogP contribution in [0.1, 0.15) is 17.5 Å². The SMILES string of the molecule is COCc1ccccc1CNC(=O)N(C)CCC(=O)O. The molecular formula is C14H20N2O4. The zero-order valence-electron chi connectivity index (χ0n) is 11.8. The number of carboxylic acids is 1. The number of urea groups is 1. The Morgan fingerprint density at radius 1 is 1.30 bits per heavy atom. The minimum Gasteiger partial charge on any atom is -0.481 e. The van der Waals surface area contributed by atoms with E-state index in [2.05, 4.69) is 5.32 Å². The van der Waals surface area contributed by atoms with Crippen molar-refractivity contribution in [1.82, 2.24) is 10.2 Å². The molecular weight excluding hydrogens is 260 g/mol. The fourth-order valence-corrected chi connectivity index (χ4v) is 1.70. The normalized spacial score (nSPS) is 10.1. The maximum absolute atomic E-state index is 11.8. The van der Waals surface area contributed by atoms with E-state index < -0.39 is 5.97 Å². The molecule has 1 aromatic carbocycles. The van der Waals surface area contributed by atoms with Crippen LogP contribution in [0.5, 0.6) is 0 Å². The summed E-state index contributed by atoms with van der Waals surface area (Å²) < 4.78 is 5.10.